The Bertz CT molecular complexity index is 642. The largest absolute Gasteiger partial charge is 0.481 e. The quantitative estimate of drug-likeness (QED) is 0.306. The maximum Gasteiger partial charge on any atom is 0.306 e. The Morgan fingerprint density at radius 2 is 1.74 bits per heavy atom. The second-order valence-corrected chi connectivity index (χ2v) is 9.46. The first-order valence-corrected chi connectivity index (χ1v) is 12.5. The number of carboxylic acids is 1. The molecule has 0 saturated heterocycles. The van der Waals surface area contributed by atoms with Crippen molar-refractivity contribution in [2.45, 2.75) is 103 Å². The van der Waals surface area contributed by atoms with Crippen LogP contribution < -0.4 is 0 Å². The average Bonchev–Trinajstić information content (AvgIpc) is 3.11. The molecule has 1 saturated carbocycles. The van der Waals surface area contributed by atoms with Gasteiger partial charge in [-0.3, -0.25) is 9.59 Å². The highest BCUT2D eigenvalue weighted by Crippen LogP contribution is 2.36. The van der Waals surface area contributed by atoms with E-state index in [0.717, 1.165) is 63.4 Å². The molecular formula is C27H42O4. The van der Waals surface area contributed by atoms with E-state index in [2.05, 4.69) is 6.92 Å². The highest BCUT2D eigenvalue weighted by Gasteiger charge is 2.33. The van der Waals surface area contributed by atoms with Crippen LogP contribution in [-0.2, 0) is 16.0 Å². The molecule has 31 heavy (non-hydrogen) atoms. The average molecular weight is 431 g/mol. The van der Waals surface area contributed by atoms with Crippen molar-refractivity contribution in [2.75, 3.05) is 0 Å². The van der Waals surface area contributed by atoms with E-state index in [0.29, 0.717) is 31.0 Å². The van der Waals surface area contributed by atoms with Crippen LogP contribution in [0.4, 0.5) is 0 Å². The monoisotopic (exact) mass is 430 g/mol. The van der Waals surface area contributed by atoms with Crippen LogP contribution in [0.3, 0.4) is 0 Å². The summed E-state index contributed by atoms with van der Waals surface area (Å²) in [4.78, 5) is 24.0. The fourth-order valence-corrected chi connectivity index (χ4v) is 5.04. The summed E-state index contributed by atoms with van der Waals surface area (Å²) in [6.07, 6.45) is 12.6. The van der Waals surface area contributed by atoms with Crippen LogP contribution in [0.15, 0.2) is 30.3 Å². The Labute approximate surface area is 188 Å². The van der Waals surface area contributed by atoms with Gasteiger partial charge >= 0.3 is 5.97 Å². The van der Waals surface area contributed by atoms with Gasteiger partial charge in [-0.25, -0.2) is 0 Å². The molecule has 1 aromatic carbocycles. The Morgan fingerprint density at radius 3 is 2.45 bits per heavy atom. The summed E-state index contributed by atoms with van der Waals surface area (Å²) in [6, 6.07) is 9.83. The van der Waals surface area contributed by atoms with Crippen molar-refractivity contribution in [2.24, 2.45) is 17.8 Å². The van der Waals surface area contributed by atoms with Crippen LogP contribution in [0, 0.1) is 17.8 Å². The number of aliphatic hydroxyl groups is 1. The molecule has 0 heterocycles. The molecule has 0 aromatic heterocycles. The van der Waals surface area contributed by atoms with Crippen molar-refractivity contribution in [3.05, 3.63) is 35.9 Å². The number of ketones is 1. The van der Waals surface area contributed by atoms with Gasteiger partial charge < -0.3 is 10.2 Å². The van der Waals surface area contributed by atoms with Crippen LogP contribution in [-0.4, -0.2) is 28.1 Å². The Hall–Kier alpha value is -1.68. The second kappa shape index (κ2) is 14.4. The molecule has 0 spiro atoms. The second-order valence-electron chi connectivity index (χ2n) is 9.46. The summed E-state index contributed by atoms with van der Waals surface area (Å²) < 4.78 is 0. The highest BCUT2D eigenvalue weighted by atomic mass is 16.4. The molecule has 0 aliphatic heterocycles. The van der Waals surface area contributed by atoms with Gasteiger partial charge in [-0.15, -0.1) is 0 Å². The van der Waals surface area contributed by atoms with Crippen molar-refractivity contribution in [1.29, 1.82) is 0 Å². The van der Waals surface area contributed by atoms with Crippen molar-refractivity contribution in [3.8, 4) is 0 Å². The minimum absolute atomic E-state index is 0.155. The fraction of sp³-hybridized carbons (Fsp3) is 0.704. The number of rotatable bonds is 16. The number of aliphatic carboxylic acids is 1. The zero-order valence-corrected chi connectivity index (χ0v) is 19.3. The topological polar surface area (TPSA) is 74.6 Å². The number of hydrogen-bond acceptors (Lipinski definition) is 3. The lowest BCUT2D eigenvalue weighted by Crippen LogP contribution is -2.18. The Balaban J connectivity index is 1.67. The molecule has 4 atom stereocenters. The van der Waals surface area contributed by atoms with E-state index in [1.165, 1.54) is 12.8 Å². The van der Waals surface area contributed by atoms with E-state index in [1.807, 2.05) is 30.3 Å². The first kappa shape index (κ1) is 25.6. The van der Waals surface area contributed by atoms with Crippen LogP contribution >= 0.6 is 0 Å². The molecule has 4 nitrogen and oxygen atoms in total. The van der Waals surface area contributed by atoms with Gasteiger partial charge in [0, 0.05) is 12.3 Å². The van der Waals surface area contributed by atoms with E-state index in [9.17, 15) is 19.8 Å². The Morgan fingerprint density at radius 1 is 1.00 bits per heavy atom. The molecule has 1 aliphatic carbocycles. The van der Waals surface area contributed by atoms with Crippen LogP contribution in [0.2, 0.25) is 0 Å². The molecule has 174 valence electrons. The third-order valence-corrected chi connectivity index (χ3v) is 7.00. The predicted molar refractivity (Wildman–Crippen MR) is 125 cm³/mol. The first-order valence-electron chi connectivity index (χ1n) is 12.5. The number of benzene rings is 1. The van der Waals surface area contributed by atoms with Gasteiger partial charge in [0.2, 0.25) is 0 Å². The molecule has 0 bridgehead atoms. The number of carboxylic acid groups (broad SMARTS) is 1. The third-order valence-electron chi connectivity index (χ3n) is 7.00. The lowest BCUT2D eigenvalue weighted by Gasteiger charge is -2.20. The zero-order chi connectivity index (χ0) is 22.5. The van der Waals surface area contributed by atoms with E-state index in [1.54, 1.807) is 0 Å². The van der Waals surface area contributed by atoms with E-state index >= 15 is 0 Å². The summed E-state index contributed by atoms with van der Waals surface area (Å²) in [5, 5.41) is 19.7. The smallest absolute Gasteiger partial charge is 0.306 e. The van der Waals surface area contributed by atoms with Crippen molar-refractivity contribution >= 4 is 11.8 Å². The summed E-state index contributed by atoms with van der Waals surface area (Å²) in [7, 11) is 0. The number of carbonyl (C=O) groups is 2. The van der Waals surface area contributed by atoms with Gasteiger partial charge in [0.05, 0.1) is 12.0 Å². The fourth-order valence-electron chi connectivity index (χ4n) is 5.04. The number of carbonyl (C=O) groups excluding carboxylic acids is 1. The number of unbranched alkanes of at least 4 members (excludes halogenated alkanes) is 4. The van der Waals surface area contributed by atoms with E-state index < -0.39 is 5.97 Å². The van der Waals surface area contributed by atoms with E-state index in [-0.39, 0.29) is 17.9 Å². The first-order chi connectivity index (χ1) is 15.0. The molecule has 1 aliphatic rings. The van der Waals surface area contributed by atoms with Crippen LogP contribution in [0.1, 0.15) is 96.0 Å². The maximum absolute atomic E-state index is 12.4. The maximum atomic E-state index is 12.4. The summed E-state index contributed by atoms with van der Waals surface area (Å²) in [5.41, 5.74) is 1.08. The molecule has 1 aromatic rings. The minimum Gasteiger partial charge on any atom is -0.481 e. The number of aliphatic hydroxyl groups excluding tert-OH is 1. The molecule has 0 amide bonds. The van der Waals surface area contributed by atoms with Gasteiger partial charge in [0.15, 0.2) is 0 Å². The predicted octanol–water partition coefficient (Wildman–Crippen LogP) is 6.20. The third kappa shape index (κ3) is 9.55. The molecule has 2 N–H and O–H groups in total. The SMILES string of the molecule is CCCCCC(O)CC[C@H]1CCC(=O)[C@@H]1CCCCCC(Cc1ccccc1)C(=O)O. The number of hydrogen-bond donors (Lipinski definition) is 2. The summed E-state index contributed by atoms with van der Waals surface area (Å²) in [5.74, 6) is -0.0663. The highest BCUT2D eigenvalue weighted by molar-refractivity contribution is 5.83. The van der Waals surface area contributed by atoms with Crippen LogP contribution in [0.5, 0.6) is 0 Å². The van der Waals surface area contributed by atoms with Gasteiger partial charge in [-0.2, -0.15) is 0 Å². The standard InChI is InChI=1S/C27H42O4/c1-2-3-6-14-24(28)18-16-22-17-19-26(29)25(22)15-10-5-9-13-23(27(30)31)20-21-11-7-4-8-12-21/h4,7-8,11-12,22-25,28H,2-3,5-6,9-10,13-20H2,1H3,(H,30,31)/t22-,23?,24?,25+/m0/s1. The minimum atomic E-state index is -0.715. The normalized spacial score (nSPS) is 20.6. The Kier molecular flexibility index (Phi) is 11.9. The van der Waals surface area contributed by atoms with Gasteiger partial charge in [-0.1, -0.05) is 75.8 Å². The molecule has 0 radical (unpaired) electrons. The van der Waals surface area contributed by atoms with Gasteiger partial charge in [0.25, 0.3) is 0 Å². The van der Waals surface area contributed by atoms with Crippen molar-refractivity contribution in [1.82, 2.24) is 0 Å². The molecule has 1 fully saturated rings. The number of Topliss-reactive ketones (excluding diaryl/α,β-unsaturated/α-hetero) is 1. The summed E-state index contributed by atoms with van der Waals surface area (Å²) in [6.45, 7) is 2.17. The van der Waals surface area contributed by atoms with Crippen molar-refractivity contribution < 1.29 is 19.8 Å². The van der Waals surface area contributed by atoms with Crippen molar-refractivity contribution in [3.63, 3.8) is 0 Å². The molecular weight excluding hydrogens is 388 g/mol. The van der Waals surface area contributed by atoms with Gasteiger partial charge in [-0.05, 0) is 56.4 Å². The molecule has 4 heteroatoms. The lowest BCUT2D eigenvalue weighted by molar-refractivity contribution is -0.142. The molecule has 2 unspecified atom stereocenters. The lowest BCUT2D eigenvalue weighted by atomic mass is 9.85. The molecule has 2 rings (SSSR count). The van der Waals surface area contributed by atoms with E-state index in [4.69, 9.17) is 0 Å². The summed E-state index contributed by atoms with van der Waals surface area (Å²) >= 11 is 0. The van der Waals surface area contributed by atoms with Gasteiger partial charge in [0.1, 0.15) is 5.78 Å². The zero-order valence-electron chi connectivity index (χ0n) is 19.3. The van der Waals surface area contributed by atoms with Crippen LogP contribution in [0.25, 0.3) is 0 Å².